The molecule has 16 nitrogen and oxygen atoms in total. The topological polar surface area (TPSA) is 190 Å². The minimum Gasteiger partial charge on any atom is -0.463 e. The Balaban J connectivity index is 1.55. The Bertz CT molecular complexity index is 1540. The molecule has 11 atom stereocenters. The third kappa shape index (κ3) is 10.1. The van der Waals surface area contributed by atoms with E-state index in [0.717, 1.165) is 26.3 Å². The van der Waals surface area contributed by atoms with Crippen molar-refractivity contribution in [2.45, 2.75) is 109 Å². The van der Waals surface area contributed by atoms with Crippen LogP contribution in [0.3, 0.4) is 0 Å². The van der Waals surface area contributed by atoms with Gasteiger partial charge < -0.3 is 52.7 Å². The molecule has 0 aromatic heterocycles. The van der Waals surface area contributed by atoms with E-state index in [9.17, 15) is 24.0 Å². The molecule has 52 heavy (non-hydrogen) atoms. The van der Waals surface area contributed by atoms with E-state index in [1.807, 2.05) is 60.7 Å². The van der Waals surface area contributed by atoms with Crippen molar-refractivity contribution in [1.82, 2.24) is 5.32 Å². The van der Waals surface area contributed by atoms with Crippen LogP contribution in [0, 0.1) is 0 Å². The Hall–Kier alpha value is -4.45. The lowest BCUT2D eigenvalue weighted by atomic mass is 9.94. The van der Waals surface area contributed by atoms with E-state index in [1.165, 1.54) is 13.8 Å². The highest BCUT2D eigenvalue weighted by atomic mass is 16.8. The highest BCUT2D eigenvalue weighted by molar-refractivity contribution is 5.73. The Labute approximate surface area is 300 Å². The molecule has 0 radical (unpaired) electrons. The van der Waals surface area contributed by atoms with E-state index in [2.05, 4.69) is 5.32 Å². The Morgan fingerprint density at radius 3 is 1.92 bits per heavy atom. The molecule has 16 heteroatoms. The number of hydrogen-bond acceptors (Lipinski definition) is 15. The molecule has 2 aromatic carbocycles. The standard InChI is InChI=1S/C36H43NO15/c1-19(38)37-28-31(52-36-33(48-23(5)42)32(47-22(4)41)30(46-21(3)40)26(50-36)17-43-20(2)39)29-27(18-45-34(51-29)25-14-10-7-11-15-25)49-35(28)44-16-24-12-8-6-9-13-24/h6-15,26-36H,16-18H2,1-5H3,(H,37,38)/t26?,27?,28-,29-,30-,31+,32-,33-,34?,35-,36-/m0/s1. The minimum atomic E-state index is -1.59. The SMILES string of the molecule is CC(=O)N[C@@H]1[C@@H](OCc2ccccc2)OC2COC(c3ccccc3)O[C@@H]2[C@@H]1O[C@@H]1OC(COC(C)=O)[C@H](OC(C)=O)[C@H](OC(C)=O)[C@@H]1OC(C)=O. The molecule has 0 spiro atoms. The monoisotopic (exact) mass is 729 g/mol. The molecular formula is C36H43NO15. The Morgan fingerprint density at radius 1 is 0.692 bits per heavy atom. The zero-order valence-electron chi connectivity index (χ0n) is 29.4. The second-order valence-corrected chi connectivity index (χ2v) is 12.4. The summed E-state index contributed by atoms with van der Waals surface area (Å²) in [6, 6.07) is 17.4. The van der Waals surface area contributed by atoms with E-state index >= 15 is 0 Å². The van der Waals surface area contributed by atoms with Crippen molar-refractivity contribution in [3.05, 3.63) is 71.8 Å². The van der Waals surface area contributed by atoms with Crippen molar-refractivity contribution in [2.24, 2.45) is 0 Å². The van der Waals surface area contributed by atoms with Gasteiger partial charge in [0.1, 0.15) is 37.1 Å². The van der Waals surface area contributed by atoms with Gasteiger partial charge in [-0.1, -0.05) is 60.7 Å². The molecule has 3 saturated heterocycles. The van der Waals surface area contributed by atoms with Crippen LogP contribution in [-0.4, -0.2) is 104 Å². The highest BCUT2D eigenvalue weighted by Crippen LogP contribution is 2.38. The summed E-state index contributed by atoms with van der Waals surface area (Å²) in [4.78, 5) is 61.8. The van der Waals surface area contributed by atoms with E-state index in [4.69, 9.17) is 47.4 Å². The second-order valence-electron chi connectivity index (χ2n) is 12.4. The van der Waals surface area contributed by atoms with Crippen LogP contribution in [0.25, 0.3) is 0 Å². The number of ether oxygens (including phenoxy) is 10. The quantitative estimate of drug-likeness (QED) is 0.247. The van der Waals surface area contributed by atoms with Crippen LogP contribution in [0.15, 0.2) is 60.7 Å². The van der Waals surface area contributed by atoms with Gasteiger partial charge >= 0.3 is 23.9 Å². The molecule has 3 fully saturated rings. The lowest BCUT2D eigenvalue weighted by Gasteiger charge is -2.51. The van der Waals surface area contributed by atoms with Crippen molar-refractivity contribution in [3.63, 3.8) is 0 Å². The smallest absolute Gasteiger partial charge is 0.303 e. The molecule has 282 valence electrons. The van der Waals surface area contributed by atoms with Gasteiger partial charge in [-0.15, -0.1) is 0 Å². The number of carbonyl (C=O) groups excluding carboxylic acids is 5. The number of esters is 4. The molecule has 3 aliphatic heterocycles. The van der Waals surface area contributed by atoms with Gasteiger partial charge in [0.05, 0.1) is 13.2 Å². The first kappa shape index (κ1) is 38.8. The summed E-state index contributed by atoms with van der Waals surface area (Å²) < 4.78 is 60.0. The minimum absolute atomic E-state index is 0.0284. The molecule has 3 aliphatic rings. The lowest BCUT2D eigenvalue weighted by molar-refractivity contribution is -0.379. The Morgan fingerprint density at radius 2 is 1.31 bits per heavy atom. The molecule has 0 bridgehead atoms. The summed E-state index contributed by atoms with van der Waals surface area (Å²) in [6.45, 7) is 5.51. The van der Waals surface area contributed by atoms with Crippen molar-refractivity contribution >= 4 is 29.8 Å². The van der Waals surface area contributed by atoms with Crippen molar-refractivity contribution in [3.8, 4) is 0 Å². The number of hydrogen-bond donors (Lipinski definition) is 1. The Kier molecular flexibility index (Phi) is 13.3. The van der Waals surface area contributed by atoms with E-state index in [0.29, 0.717) is 5.56 Å². The van der Waals surface area contributed by atoms with Gasteiger partial charge in [0.25, 0.3) is 0 Å². The first-order valence-electron chi connectivity index (χ1n) is 16.8. The van der Waals surface area contributed by atoms with Crippen molar-refractivity contribution in [2.75, 3.05) is 13.2 Å². The summed E-state index contributed by atoms with van der Waals surface area (Å²) in [6.07, 6.45) is -12.2. The fraction of sp³-hybridized carbons (Fsp3) is 0.528. The largest absolute Gasteiger partial charge is 0.463 e. The van der Waals surface area contributed by atoms with Gasteiger partial charge in [-0.3, -0.25) is 24.0 Å². The predicted octanol–water partition coefficient (Wildman–Crippen LogP) is 2.02. The van der Waals surface area contributed by atoms with Crippen molar-refractivity contribution < 1.29 is 71.3 Å². The fourth-order valence-corrected chi connectivity index (χ4v) is 6.25. The van der Waals surface area contributed by atoms with Crippen LogP contribution in [0.4, 0.5) is 0 Å². The molecule has 3 heterocycles. The summed E-state index contributed by atoms with van der Waals surface area (Å²) in [5, 5.41) is 2.86. The maximum atomic E-state index is 12.7. The third-order valence-electron chi connectivity index (χ3n) is 8.28. The number of benzene rings is 2. The van der Waals surface area contributed by atoms with Gasteiger partial charge in [-0.05, 0) is 5.56 Å². The molecule has 5 rings (SSSR count). The fourth-order valence-electron chi connectivity index (χ4n) is 6.25. The first-order valence-corrected chi connectivity index (χ1v) is 16.8. The van der Waals surface area contributed by atoms with Gasteiger partial charge in [-0.2, -0.15) is 0 Å². The van der Waals surface area contributed by atoms with E-state index in [1.54, 1.807) is 0 Å². The molecular weight excluding hydrogens is 686 g/mol. The van der Waals surface area contributed by atoms with Crippen LogP contribution < -0.4 is 5.32 Å². The average molecular weight is 730 g/mol. The maximum absolute atomic E-state index is 12.7. The lowest BCUT2D eigenvalue weighted by Crippen LogP contribution is -2.70. The van der Waals surface area contributed by atoms with Gasteiger partial charge in [0.15, 0.2) is 37.2 Å². The molecule has 2 aromatic rings. The summed E-state index contributed by atoms with van der Waals surface area (Å²) >= 11 is 0. The van der Waals surface area contributed by atoms with Gasteiger partial charge in [0, 0.05) is 40.2 Å². The predicted molar refractivity (Wildman–Crippen MR) is 174 cm³/mol. The van der Waals surface area contributed by atoms with Crippen LogP contribution in [0.5, 0.6) is 0 Å². The van der Waals surface area contributed by atoms with Gasteiger partial charge in [-0.25, -0.2) is 0 Å². The summed E-state index contributed by atoms with van der Waals surface area (Å²) in [5.74, 6) is -3.52. The molecule has 1 amide bonds. The third-order valence-corrected chi connectivity index (χ3v) is 8.28. The number of carbonyl (C=O) groups is 5. The molecule has 0 aliphatic carbocycles. The summed E-state index contributed by atoms with van der Waals surface area (Å²) in [7, 11) is 0. The molecule has 1 N–H and O–H groups in total. The first-order chi connectivity index (χ1) is 24.9. The van der Waals surface area contributed by atoms with E-state index in [-0.39, 0.29) is 13.2 Å². The van der Waals surface area contributed by atoms with Crippen LogP contribution >= 0.6 is 0 Å². The number of nitrogens with one attached hydrogen (secondary N) is 1. The second kappa shape index (κ2) is 17.9. The highest BCUT2D eigenvalue weighted by Gasteiger charge is 2.57. The van der Waals surface area contributed by atoms with Crippen LogP contribution in [0.2, 0.25) is 0 Å². The van der Waals surface area contributed by atoms with Gasteiger partial charge in [0.2, 0.25) is 5.91 Å². The molecule has 0 saturated carbocycles. The zero-order chi connectivity index (χ0) is 37.4. The van der Waals surface area contributed by atoms with Crippen molar-refractivity contribution in [1.29, 1.82) is 0 Å². The number of rotatable bonds is 12. The normalized spacial score (nSPS) is 31.3. The summed E-state index contributed by atoms with van der Waals surface area (Å²) in [5.41, 5.74) is 1.53. The maximum Gasteiger partial charge on any atom is 0.303 e. The van der Waals surface area contributed by atoms with Crippen LogP contribution in [0.1, 0.15) is 52.0 Å². The van der Waals surface area contributed by atoms with Crippen LogP contribution in [-0.2, 0) is 77.9 Å². The zero-order valence-corrected chi connectivity index (χ0v) is 29.4. The molecule has 3 unspecified atom stereocenters. The van der Waals surface area contributed by atoms with E-state index < -0.39 is 104 Å². The average Bonchev–Trinajstić information content (AvgIpc) is 3.10. The number of amides is 1. The number of fused-ring (bicyclic) bond motifs is 1.